The van der Waals surface area contributed by atoms with Crippen LogP contribution in [0.2, 0.25) is 0 Å². The van der Waals surface area contributed by atoms with Crippen molar-refractivity contribution in [2.45, 2.75) is 165 Å². The lowest BCUT2D eigenvalue weighted by Gasteiger charge is -2.27. The van der Waals surface area contributed by atoms with Crippen LogP contribution in [0.4, 0.5) is 0 Å². The van der Waals surface area contributed by atoms with Crippen LogP contribution in [0.3, 0.4) is 0 Å². The molecule has 0 aliphatic rings. The van der Waals surface area contributed by atoms with Crippen LogP contribution in [0.5, 0.6) is 0 Å². The standard InChI is InChI=1S/C34H51N7O6.C33H49N7O6.ClH/c1-22(2)18-28(32(44)39-27(16-10-11-17-35)31(43)38-21-26(37)34(46)47-3)41-33(45)29(20-24-14-8-5-9-15-24)40-30(42)25(36)19-23-12-6-4-7-13-23;1-21(2)17-27(31(43)38-26(15-9-10-16-34)30(42)37-20-25(36)33(45)46)40-32(44)28(19-23-13-7-4-8-14-23)39-29(41)24(35)18-22-11-5-3-6-12-22;/h4-9,12-15,22,25-29H,10-11,16-21,35-37H2,1-3H3,(H,38,43)(H,39,44)(H,40,42)(H,41,45);3-8,11-14,21,24-28H,9-10,15-20,34-36H2,1-2H3,(H,37,42)(H,38,43)(H,39,41)(H,40,44)(H,45,46);1H/t25-,26+,27-,28-,29-;24-,25+,26-,27-,28-;/m11./s1. The zero-order chi connectivity index (χ0) is 68.8. The van der Waals surface area contributed by atoms with E-state index in [0.29, 0.717) is 38.8 Å². The van der Waals surface area contributed by atoms with Crippen molar-refractivity contribution >= 4 is 71.6 Å². The fraction of sp³-hybridized carbons (Fsp3) is 0.493. The predicted octanol–water partition coefficient (Wildman–Crippen LogP) is 0.424. The number of carbonyl (C=O) groups is 10. The second-order valence-corrected chi connectivity index (χ2v) is 23.7. The maximum Gasteiger partial charge on any atom is 0.324 e. The number of carboxylic acids is 1. The normalized spacial score (nSPS) is 14.1. The summed E-state index contributed by atoms with van der Waals surface area (Å²) in [5, 5.41) is 30.7. The molecule has 21 N–H and O–H groups in total. The number of rotatable bonds is 40. The second kappa shape index (κ2) is 45.0. The molecule has 10 atom stereocenters. The molecule has 4 aromatic rings. The summed E-state index contributed by atoms with van der Waals surface area (Å²) >= 11 is 0. The third-order valence-corrected chi connectivity index (χ3v) is 14.8. The van der Waals surface area contributed by atoms with Gasteiger partial charge in [-0.25, -0.2) is 0 Å². The highest BCUT2D eigenvalue weighted by molar-refractivity contribution is 5.96. The van der Waals surface area contributed by atoms with Crippen LogP contribution >= 0.6 is 12.4 Å². The largest absolute Gasteiger partial charge is 0.480 e. The fourth-order valence-corrected chi connectivity index (χ4v) is 9.60. The van der Waals surface area contributed by atoms with Gasteiger partial charge in [0.05, 0.1) is 19.2 Å². The van der Waals surface area contributed by atoms with E-state index < -0.39 is 120 Å². The Kier molecular flexibility index (Phi) is 39.2. The molecule has 0 radical (unpaired) electrons. The maximum absolute atomic E-state index is 13.8. The Bertz CT molecular complexity index is 2940. The van der Waals surface area contributed by atoms with Gasteiger partial charge in [0.2, 0.25) is 47.3 Å². The van der Waals surface area contributed by atoms with E-state index in [-0.39, 0.29) is 88.7 Å². The van der Waals surface area contributed by atoms with Crippen molar-refractivity contribution in [2.75, 3.05) is 33.3 Å². The molecule has 4 aromatic carbocycles. The molecule has 4 rings (SSSR count). The number of hydrogen-bond donors (Lipinski definition) is 15. The average Bonchev–Trinajstić information content (AvgIpc) is 1.02. The zero-order valence-corrected chi connectivity index (χ0v) is 55.4. The molecule has 94 heavy (non-hydrogen) atoms. The zero-order valence-electron chi connectivity index (χ0n) is 54.6. The van der Waals surface area contributed by atoms with Crippen molar-refractivity contribution in [3.8, 4) is 0 Å². The van der Waals surface area contributed by atoms with E-state index in [0.717, 1.165) is 22.3 Å². The Morgan fingerprint density at radius 3 is 0.968 bits per heavy atom. The van der Waals surface area contributed by atoms with E-state index >= 15 is 0 Å². The lowest BCUT2D eigenvalue weighted by atomic mass is 9.99. The third-order valence-electron chi connectivity index (χ3n) is 14.8. The minimum atomic E-state index is -1.31. The van der Waals surface area contributed by atoms with Crippen LogP contribution in [-0.4, -0.2) is 158 Å². The summed E-state index contributed by atoms with van der Waals surface area (Å²) in [6, 6.07) is 26.6. The topological polar surface area (TPSA) is 453 Å². The van der Waals surface area contributed by atoms with E-state index in [4.69, 9.17) is 39.5 Å². The van der Waals surface area contributed by atoms with Crippen molar-refractivity contribution in [3.63, 3.8) is 0 Å². The summed E-state index contributed by atoms with van der Waals surface area (Å²) in [6.07, 6.45) is 4.20. The SMILES string of the molecule is CC(C)C[C@@H](NC(=O)[C@@H](Cc1ccccc1)NC(=O)[C@H](N)Cc1ccccc1)C(=O)N[C@H](CCCCN)C(=O)NC[C@H](N)C(=O)O.COC(=O)[C@@H](N)CNC(=O)[C@@H](CCCCN)NC(=O)[C@@H](CC(C)C)NC(=O)[C@@H](Cc1ccccc1)NC(=O)[C@H](N)Cc1ccccc1.Cl. The highest BCUT2D eigenvalue weighted by Gasteiger charge is 2.34. The number of methoxy groups -OCH3 is 1. The number of benzene rings is 4. The summed E-state index contributed by atoms with van der Waals surface area (Å²) in [6.45, 7) is 7.86. The van der Waals surface area contributed by atoms with Crippen LogP contribution in [0.25, 0.3) is 0 Å². The van der Waals surface area contributed by atoms with Crippen LogP contribution in [0.1, 0.15) is 101 Å². The molecular formula is C67H101ClN14O12. The molecule has 27 heteroatoms. The summed E-state index contributed by atoms with van der Waals surface area (Å²) in [4.78, 5) is 130. The number of carboxylic acid groups (broad SMARTS) is 1. The first kappa shape index (κ1) is 81.7. The average molecular weight is 1330 g/mol. The number of amides is 8. The van der Waals surface area contributed by atoms with E-state index in [1.807, 2.05) is 149 Å². The molecule has 0 saturated carbocycles. The van der Waals surface area contributed by atoms with E-state index in [1.54, 1.807) is 0 Å². The van der Waals surface area contributed by atoms with Gasteiger partial charge in [-0.3, -0.25) is 47.9 Å². The number of nitrogens with two attached hydrogens (primary N) is 6. The lowest BCUT2D eigenvalue weighted by Crippen LogP contribution is -2.59. The van der Waals surface area contributed by atoms with Gasteiger partial charge < -0.3 is 86.8 Å². The molecule has 0 aromatic heterocycles. The van der Waals surface area contributed by atoms with Crippen molar-refractivity contribution < 1.29 is 57.8 Å². The Morgan fingerprint density at radius 1 is 0.383 bits per heavy atom. The van der Waals surface area contributed by atoms with Gasteiger partial charge in [-0.15, -0.1) is 12.4 Å². The number of esters is 1. The summed E-state index contributed by atoms with van der Waals surface area (Å²) in [5.41, 5.74) is 38.3. The van der Waals surface area contributed by atoms with Gasteiger partial charge in [0.1, 0.15) is 48.3 Å². The van der Waals surface area contributed by atoms with Gasteiger partial charge in [0.25, 0.3) is 0 Å². The molecule has 0 heterocycles. The van der Waals surface area contributed by atoms with Crippen molar-refractivity contribution in [1.29, 1.82) is 0 Å². The number of nitrogens with one attached hydrogen (secondary N) is 8. The first-order valence-electron chi connectivity index (χ1n) is 31.6. The molecule has 0 spiro atoms. The minimum Gasteiger partial charge on any atom is -0.480 e. The highest BCUT2D eigenvalue weighted by Crippen LogP contribution is 2.14. The van der Waals surface area contributed by atoms with Crippen LogP contribution < -0.4 is 76.9 Å². The maximum atomic E-state index is 13.8. The molecular weight excluding hydrogens is 1230 g/mol. The number of hydrogen-bond acceptors (Lipinski definition) is 17. The van der Waals surface area contributed by atoms with Gasteiger partial charge in [0, 0.05) is 25.9 Å². The Labute approximate surface area is 557 Å². The number of ether oxygens (including phenoxy) is 1. The molecule has 0 saturated heterocycles. The fourth-order valence-electron chi connectivity index (χ4n) is 9.60. The monoisotopic (exact) mass is 1330 g/mol. The molecule has 0 aliphatic carbocycles. The van der Waals surface area contributed by atoms with Gasteiger partial charge in [-0.2, -0.15) is 0 Å². The van der Waals surface area contributed by atoms with Crippen molar-refractivity contribution in [2.24, 2.45) is 46.2 Å². The Morgan fingerprint density at radius 2 is 0.670 bits per heavy atom. The van der Waals surface area contributed by atoms with E-state index in [2.05, 4.69) is 47.3 Å². The summed E-state index contributed by atoms with van der Waals surface area (Å²) < 4.78 is 4.60. The third kappa shape index (κ3) is 32.0. The molecule has 26 nitrogen and oxygen atoms in total. The first-order chi connectivity index (χ1) is 44.3. The smallest absolute Gasteiger partial charge is 0.324 e. The number of halogens is 1. The summed E-state index contributed by atoms with van der Waals surface area (Å²) in [5.74, 6) is -6.45. The predicted molar refractivity (Wildman–Crippen MR) is 362 cm³/mol. The Balaban J connectivity index is 0.000000633. The van der Waals surface area contributed by atoms with Crippen LogP contribution in [0, 0.1) is 11.8 Å². The van der Waals surface area contributed by atoms with Crippen molar-refractivity contribution in [1.82, 2.24) is 42.5 Å². The van der Waals surface area contributed by atoms with Gasteiger partial charge in [0.15, 0.2) is 0 Å². The second-order valence-electron chi connectivity index (χ2n) is 23.7. The number of aliphatic carboxylic acids is 1. The first-order valence-corrected chi connectivity index (χ1v) is 31.6. The van der Waals surface area contributed by atoms with Gasteiger partial charge in [-0.1, -0.05) is 149 Å². The molecule has 8 amide bonds. The van der Waals surface area contributed by atoms with Gasteiger partial charge in [-0.05, 0) is 111 Å². The molecule has 0 unspecified atom stereocenters. The quantitative estimate of drug-likeness (QED) is 0.0212. The molecule has 518 valence electrons. The number of carbonyl (C=O) groups excluding carboxylic acids is 9. The minimum absolute atomic E-state index is 0. The van der Waals surface area contributed by atoms with Crippen LogP contribution in [-0.2, 0) is 78.4 Å². The van der Waals surface area contributed by atoms with Crippen molar-refractivity contribution in [3.05, 3.63) is 144 Å². The molecule has 0 aliphatic heterocycles. The lowest BCUT2D eigenvalue weighted by molar-refractivity contribution is -0.142. The molecule has 0 bridgehead atoms. The van der Waals surface area contributed by atoms with Crippen LogP contribution in [0.15, 0.2) is 121 Å². The van der Waals surface area contributed by atoms with E-state index in [1.165, 1.54) is 7.11 Å². The highest BCUT2D eigenvalue weighted by atomic mass is 35.5. The number of unbranched alkanes of at least 4 members (excludes halogenated alkanes) is 2. The Hall–Kier alpha value is -8.37. The van der Waals surface area contributed by atoms with Gasteiger partial charge >= 0.3 is 11.9 Å². The summed E-state index contributed by atoms with van der Waals surface area (Å²) in [7, 11) is 1.19. The molecule has 0 fully saturated rings. The van der Waals surface area contributed by atoms with E-state index in [9.17, 15) is 47.9 Å².